The molecule has 86 heavy (non-hydrogen) atoms. The van der Waals surface area contributed by atoms with Crippen molar-refractivity contribution in [3.05, 3.63) is 12.2 Å². The molecule has 22 heteroatoms. The Hall–Kier alpha value is -5.64. The average Bonchev–Trinajstić information content (AvgIpc) is 1.38. The smallest absolute Gasteiger partial charge is 0.246 e. The van der Waals surface area contributed by atoms with Gasteiger partial charge in [0, 0.05) is 53.9 Å². The van der Waals surface area contributed by atoms with E-state index in [1.165, 1.54) is 78.5 Å². The highest BCUT2D eigenvalue weighted by molar-refractivity contribution is 5.99. The fourth-order valence-corrected chi connectivity index (χ4v) is 11.5. The summed E-state index contributed by atoms with van der Waals surface area (Å²) in [5.41, 5.74) is 0. The van der Waals surface area contributed by atoms with E-state index < -0.39 is 161 Å². The third kappa shape index (κ3) is 20.7. The quantitative estimate of drug-likeness (QED) is 0.142. The number of aliphatic hydroxyl groups is 1. The minimum absolute atomic E-state index is 0.109. The van der Waals surface area contributed by atoms with E-state index in [-0.39, 0.29) is 43.6 Å². The Bertz CT molecular complexity index is 2310. The van der Waals surface area contributed by atoms with Crippen LogP contribution >= 0.6 is 0 Å². The third-order valence-corrected chi connectivity index (χ3v) is 17.3. The van der Waals surface area contributed by atoms with Crippen molar-refractivity contribution in [1.29, 1.82) is 0 Å². The number of carbonyl (C=O) groups excluding carboxylic acids is 10. The highest BCUT2D eigenvalue weighted by Gasteiger charge is 2.46. The van der Waals surface area contributed by atoms with Crippen molar-refractivity contribution in [3.63, 3.8) is 0 Å². The molecule has 0 saturated carbocycles. The van der Waals surface area contributed by atoms with Gasteiger partial charge in [-0.3, -0.25) is 52.8 Å². The number of aliphatic hydroxyl groups excluding tert-OH is 1. The van der Waals surface area contributed by atoms with E-state index in [4.69, 9.17) is 0 Å². The molecule has 1 aliphatic rings. The molecule has 1 heterocycles. The number of nitrogens with one attached hydrogen (secondary N) is 4. The van der Waals surface area contributed by atoms with Gasteiger partial charge < -0.3 is 55.8 Å². The Balaban J connectivity index is 4.39. The van der Waals surface area contributed by atoms with Gasteiger partial charge in [-0.05, 0) is 122 Å². The van der Waals surface area contributed by atoms with Gasteiger partial charge in [0.25, 0.3) is 0 Å². The first-order chi connectivity index (χ1) is 39.7. The first kappa shape index (κ1) is 78.4. The molecule has 0 aliphatic carbocycles. The molecular formula is C64H117N11O11. The van der Waals surface area contributed by atoms with Crippen LogP contribution in [0.15, 0.2) is 12.2 Å². The van der Waals surface area contributed by atoms with Crippen LogP contribution < -0.4 is 21.3 Å². The second-order valence-electron chi connectivity index (χ2n) is 26.7. The maximum absolute atomic E-state index is 15.2. The zero-order chi connectivity index (χ0) is 66.8. The first-order valence-corrected chi connectivity index (χ1v) is 31.6. The molecule has 0 aromatic rings. The lowest BCUT2D eigenvalue weighted by atomic mass is 9.91. The molecule has 0 aromatic heterocycles. The Labute approximate surface area is 517 Å². The number of likely N-dealkylation sites (N-methyl/N-ethyl adjacent to an activating group) is 7. The second-order valence-corrected chi connectivity index (χ2v) is 26.7. The predicted molar refractivity (Wildman–Crippen MR) is 337 cm³/mol. The Kier molecular flexibility index (Phi) is 32.2. The fourth-order valence-electron chi connectivity index (χ4n) is 11.5. The van der Waals surface area contributed by atoms with E-state index in [1.54, 1.807) is 60.4 Å². The number of nitrogens with zero attached hydrogens (tertiary/aromatic N) is 7. The molecule has 10 amide bonds. The van der Waals surface area contributed by atoms with E-state index >= 15 is 14.4 Å². The SMILES string of the molecule is C/C=C/C[C@@H](C)[C@@H](O)[C@H]1C(=O)N[C@@H](CC)C(C)N(C)[C@H](C)C(=O)N(CC)[C@@H](C(C)C)C(=O)N[C@@H](C(C)C)C(=O)N(C)[C@@H](CC(C)C)C(=O)N[C@@H](C)C(=O)N[C@H](C)C(=O)N(C)[C@@H](CC(C)C)C(=O)N(C)[C@@H](CC(C)C)C(=O)N(C)[C@@H](C(C)C)C(=O)N1C. The van der Waals surface area contributed by atoms with Gasteiger partial charge in [-0.25, -0.2) is 0 Å². The first-order valence-electron chi connectivity index (χ1n) is 31.6. The van der Waals surface area contributed by atoms with Crippen LogP contribution in [0.1, 0.15) is 171 Å². The molecule has 1 saturated heterocycles. The summed E-state index contributed by atoms with van der Waals surface area (Å²) in [7, 11) is 9.09. The molecule has 0 bridgehead atoms. The van der Waals surface area contributed by atoms with Crippen LogP contribution in [0.3, 0.4) is 0 Å². The third-order valence-electron chi connectivity index (χ3n) is 17.3. The molecule has 1 aliphatic heterocycles. The standard InChI is InChI=1S/C64H117N11O11/c1-27-30-31-41(16)54(76)53-58(80)67-46(28-2)44(19)69(21)45(20)60(82)75(29-3)51(39(12)13)57(79)68-50(38(10)11)63(85)70(22)47(32-35(4)5)56(78)65-42(17)55(77)66-43(18)59(81)71(23)48(33-36(6)7)61(83)72(24)49(34-37(8)9)62(84)73(25)52(40(14)15)64(86)74(53)26/h27,30,35-54,76H,28-29,31-34H2,1-26H3,(H,65,78)(H,66,77)(H,67,80)(H,68,79)/b30-27+/t41-,42+,43-,44?,45-,46+,47+,48+,49+,50+,51+,52+,53+,54-/m1/s1. The van der Waals surface area contributed by atoms with Gasteiger partial charge in [-0.15, -0.1) is 0 Å². The zero-order valence-electron chi connectivity index (χ0n) is 57.6. The lowest BCUT2D eigenvalue weighted by Gasteiger charge is -2.42. The van der Waals surface area contributed by atoms with Gasteiger partial charge in [-0.1, -0.05) is 109 Å². The minimum Gasteiger partial charge on any atom is -0.390 e. The van der Waals surface area contributed by atoms with Crippen molar-refractivity contribution >= 4 is 59.1 Å². The maximum Gasteiger partial charge on any atom is 0.246 e. The van der Waals surface area contributed by atoms with Crippen LogP contribution in [-0.2, 0) is 47.9 Å². The Morgan fingerprint density at radius 1 is 0.465 bits per heavy atom. The van der Waals surface area contributed by atoms with Crippen molar-refractivity contribution in [2.45, 2.75) is 249 Å². The molecule has 1 rings (SSSR count). The van der Waals surface area contributed by atoms with Gasteiger partial charge in [0.15, 0.2) is 0 Å². The zero-order valence-corrected chi connectivity index (χ0v) is 57.6. The molecule has 1 fully saturated rings. The molecule has 0 aromatic carbocycles. The van der Waals surface area contributed by atoms with E-state index in [1.807, 2.05) is 88.3 Å². The number of allylic oxidation sites excluding steroid dienone is 2. The summed E-state index contributed by atoms with van der Waals surface area (Å²) < 4.78 is 0. The lowest BCUT2D eigenvalue weighted by molar-refractivity contribution is -0.157. The molecule has 14 atom stereocenters. The van der Waals surface area contributed by atoms with Gasteiger partial charge in [0.1, 0.15) is 54.4 Å². The van der Waals surface area contributed by atoms with E-state index in [0.29, 0.717) is 12.8 Å². The molecule has 5 N–H and O–H groups in total. The lowest BCUT2D eigenvalue weighted by Crippen LogP contribution is -2.64. The highest BCUT2D eigenvalue weighted by atomic mass is 16.3. The van der Waals surface area contributed by atoms with Gasteiger partial charge in [-0.2, -0.15) is 0 Å². The summed E-state index contributed by atoms with van der Waals surface area (Å²) in [5.74, 6) is -8.28. The summed E-state index contributed by atoms with van der Waals surface area (Å²) in [5, 5.41) is 23.7. The summed E-state index contributed by atoms with van der Waals surface area (Å²) in [6, 6.07) is -12.6. The van der Waals surface area contributed by atoms with Crippen LogP contribution in [0.4, 0.5) is 0 Å². The van der Waals surface area contributed by atoms with Crippen LogP contribution in [0.25, 0.3) is 0 Å². The van der Waals surface area contributed by atoms with Crippen molar-refractivity contribution < 1.29 is 53.1 Å². The molecular weight excluding hydrogens is 1100 g/mol. The van der Waals surface area contributed by atoms with E-state index in [9.17, 15) is 38.7 Å². The second kappa shape index (κ2) is 35.4. The number of carbonyl (C=O) groups is 10. The topological polar surface area (TPSA) is 262 Å². The number of hydrogen-bond acceptors (Lipinski definition) is 12. The summed E-state index contributed by atoms with van der Waals surface area (Å²) in [4.78, 5) is 157. The van der Waals surface area contributed by atoms with Crippen molar-refractivity contribution in [2.75, 3.05) is 48.8 Å². The summed E-state index contributed by atoms with van der Waals surface area (Å²) >= 11 is 0. The van der Waals surface area contributed by atoms with Crippen LogP contribution in [0.5, 0.6) is 0 Å². The van der Waals surface area contributed by atoms with Gasteiger partial charge in [0.05, 0.1) is 12.1 Å². The van der Waals surface area contributed by atoms with Gasteiger partial charge in [0.2, 0.25) is 59.1 Å². The minimum atomic E-state index is -1.47. The van der Waals surface area contributed by atoms with E-state index in [2.05, 4.69) is 21.3 Å². The largest absolute Gasteiger partial charge is 0.390 e. The predicted octanol–water partition coefficient (Wildman–Crippen LogP) is 4.52. The summed E-state index contributed by atoms with van der Waals surface area (Å²) in [6.45, 7) is 35.9. The van der Waals surface area contributed by atoms with Crippen LogP contribution in [0.2, 0.25) is 0 Å². The van der Waals surface area contributed by atoms with Crippen molar-refractivity contribution in [1.82, 2.24) is 55.6 Å². The van der Waals surface area contributed by atoms with Crippen LogP contribution in [-0.4, -0.2) is 226 Å². The van der Waals surface area contributed by atoms with Crippen LogP contribution in [0, 0.1) is 41.4 Å². The molecule has 0 spiro atoms. The molecule has 1 unspecified atom stereocenters. The molecule has 494 valence electrons. The molecule has 22 nitrogen and oxygen atoms in total. The van der Waals surface area contributed by atoms with E-state index in [0.717, 1.165) is 0 Å². The summed E-state index contributed by atoms with van der Waals surface area (Å²) in [6.07, 6.45) is 3.58. The normalized spacial score (nSPS) is 28.7. The Morgan fingerprint density at radius 3 is 1.34 bits per heavy atom. The monoisotopic (exact) mass is 1220 g/mol. The van der Waals surface area contributed by atoms with Crippen molar-refractivity contribution in [3.8, 4) is 0 Å². The number of rotatable bonds is 15. The maximum atomic E-state index is 15.2. The highest BCUT2D eigenvalue weighted by Crippen LogP contribution is 2.26. The van der Waals surface area contributed by atoms with Gasteiger partial charge >= 0.3 is 0 Å². The van der Waals surface area contributed by atoms with Crippen molar-refractivity contribution in [2.24, 2.45) is 41.4 Å². The number of amides is 10. The number of hydrogen-bond donors (Lipinski definition) is 5. The fraction of sp³-hybridized carbons (Fsp3) is 0.812. The average molecular weight is 1220 g/mol. The molecule has 0 radical (unpaired) electrons. The Morgan fingerprint density at radius 2 is 0.895 bits per heavy atom.